The van der Waals surface area contributed by atoms with Crippen molar-refractivity contribution in [3.8, 4) is 0 Å². The van der Waals surface area contributed by atoms with Crippen LogP contribution in [0.1, 0.15) is 25.7 Å². The quantitative estimate of drug-likeness (QED) is 0.485. The van der Waals surface area contributed by atoms with Crippen molar-refractivity contribution in [1.82, 2.24) is 0 Å². The zero-order chi connectivity index (χ0) is 16.1. The predicted molar refractivity (Wildman–Crippen MR) is 63.4 cm³/mol. The van der Waals surface area contributed by atoms with Crippen LogP contribution in [0.5, 0.6) is 0 Å². The molecule has 1 aliphatic carbocycles. The van der Waals surface area contributed by atoms with Gasteiger partial charge in [0.15, 0.2) is 0 Å². The van der Waals surface area contributed by atoms with Crippen LogP contribution in [-0.2, 0) is 9.47 Å². The molecule has 0 atom stereocenters. The van der Waals surface area contributed by atoms with E-state index >= 15 is 0 Å². The summed E-state index contributed by atoms with van der Waals surface area (Å²) in [6.45, 7) is 3.20. The van der Waals surface area contributed by atoms with Gasteiger partial charge >= 0.3 is 18.5 Å². The Labute approximate surface area is 119 Å². The molecule has 0 heterocycles. The lowest BCUT2D eigenvalue weighted by Crippen LogP contribution is -2.48. The molecule has 0 aliphatic heterocycles. The van der Waals surface area contributed by atoms with Crippen LogP contribution in [0.4, 0.5) is 26.3 Å². The Kier molecular flexibility index (Phi) is 6.37. The van der Waals surface area contributed by atoms with Gasteiger partial charge in [0.05, 0.1) is 19.5 Å². The van der Waals surface area contributed by atoms with Crippen LogP contribution in [0.2, 0.25) is 0 Å². The topological polar surface area (TPSA) is 18.5 Å². The Morgan fingerprint density at radius 3 is 1.90 bits per heavy atom. The highest BCUT2D eigenvalue weighted by Crippen LogP contribution is 2.41. The average molecular weight is 320 g/mol. The van der Waals surface area contributed by atoms with E-state index in [2.05, 4.69) is 11.3 Å². The van der Waals surface area contributed by atoms with Crippen molar-refractivity contribution in [2.45, 2.75) is 44.1 Å². The summed E-state index contributed by atoms with van der Waals surface area (Å²) >= 11 is 0. The van der Waals surface area contributed by atoms with Gasteiger partial charge in [-0.3, -0.25) is 0 Å². The number of halogens is 6. The molecule has 0 unspecified atom stereocenters. The second kappa shape index (κ2) is 7.38. The van der Waals surface area contributed by atoms with E-state index in [4.69, 9.17) is 4.74 Å². The molecule has 0 aromatic carbocycles. The van der Waals surface area contributed by atoms with Crippen molar-refractivity contribution >= 4 is 0 Å². The zero-order valence-corrected chi connectivity index (χ0v) is 11.3. The van der Waals surface area contributed by atoms with Crippen LogP contribution >= 0.6 is 0 Å². The molecule has 0 bridgehead atoms. The highest BCUT2D eigenvalue weighted by atomic mass is 19.3. The molecule has 1 aliphatic rings. The summed E-state index contributed by atoms with van der Waals surface area (Å²) in [6.07, 6.45) is -5.97. The third-order valence-electron chi connectivity index (χ3n) is 3.58. The first-order chi connectivity index (χ1) is 9.70. The van der Waals surface area contributed by atoms with Crippen LogP contribution < -0.4 is 0 Å². The van der Waals surface area contributed by atoms with Gasteiger partial charge in [-0.2, -0.15) is 17.6 Å². The molecule has 1 saturated carbocycles. The van der Waals surface area contributed by atoms with Crippen LogP contribution in [0.15, 0.2) is 12.8 Å². The van der Waals surface area contributed by atoms with E-state index in [-0.39, 0.29) is 11.8 Å². The maximum Gasteiger partial charge on any atom is 0.425 e. The van der Waals surface area contributed by atoms with E-state index in [0.717, 1.165) is 0 Å². The lowest BCUT2D eigenvalue weighted by molar-refractivity contribution is -0.376. The number of hydrogen-bond donors (Lipinski definition) is 0. The Hall–Kier alpha value is -0.920. The van der Waals surface area contributed by atoms with Crippen LogP contribution in [-0.4, -0.2) is 31.7 Å². The van der Waals surface area contributed by atoms with E-state index in [1.54, 1.807) is 0 Å². The number of rotatable bonds is 8. The highest BCUT2D eigenvalue weighted by molar-refractivity contribution is 4.81. The minimum Gasteiger partial charge on any atom is -0.502 e. The van der Waals surface area contributed by atoms with Crippen molar-refractivity contribution in [1.29, 1.82) is 0 Å². The van der Waals surface area contributed by atoms with Crippen molar-refractivity contribution in [2.24, 2.45) is 11.8 Å². The van der Waals surface area contributed by atoms with Crippen molar-refractivity contribution < 1.29 is 35.8 Å². The normalized spacial score (nSPS) is 24.1. The van der Waals surface area contributed by atoms with Crippen LogP contribution in [0, 0.1) is 11.8 Å². The maximum atomic E-state index is 13.0. The van der Waals surface area contributed by atoms with Gasteiger partial charge in [0.25, 0.3) is 0 Å². The predicted octanol–water partition coefficient (Wildman–Crippen LogP) is 4.46. The van der Waals surface area contributed by atoms with Gasteiger partial charge in [0.1, 0.15) is 0 Å². The first kappa shape index (κ1) is 18.1. The standard InChI is InChI=1S/C13H18F6O2/c1-2-20-7-9-3-5-10(6-4-9)8-21-13(18,19)12(16,17)11(14)15/h2,9-11H,1,3-8H2. The highest BCUT2D eigenvalue weighted by Gasteiger charge is 2.64. The molecular formula is C13H18F6O2. The molecule has 21 heavy (non-hydrogen) atoms. The van der Waals surface area contributed by atoms with Gasteiger partial charge in [-0.1, -0.05) is 6.58 Å². The number of alkyl halides is 6. The summed E-state index contributed by atoms with van der Waals surface area (Å²) in [5, 5.41) is 0. The number of ether oxygens (including phenoxy) is 2. The number of hydrogen-bond acceptors (Lipinski definition) is 2. The minimum atomic E-state index is -5.48. The van der Waals surface area contributed by atoms with Gasteiger partial charge in [-0.25, -0.2) is 8.78 Å². The van der Waals surface area contributed by atoms with Gasteiger partial charge in [-0.05, 0) is 37.5 Å². The Morgan fingerprint density at radius 2 is 1.48 bits per heavy atom. The molecule has 1 rings (SSSR count). The summed E-state index contributed by atoms with van der Waals surface area (Å²) < 4.78 is 83.8. The van der Waals surface area contributed by atoms with E-state index in [1.807, 2.05) is 0 Å². The third-order valence-corrected chi connectivity index (χ3v) is 3.58. The van der Waals surface area contributed by atoms with Crippen molar-refractivity contribution in [2.75, 3.05) is 13.2 Å². The van der Waals surface area contributed by atoms with Crippen molar-refractivity contribution in [3.05, 3.63) is 12.8 Å². The van der Waals surface area contributed by atoms with E-state index in [1.165, 1.54) is 6.26 Å². The zero-order valence-electron chi connectivity index (χ0n) is 11.3. The smallest absolute Gasteiger partial charge is 0.425 e. The summed E-state index contributed by atoms with van der Waals surface area (Å²) in [4.78, 5) is 0. The monoisotopic (exact) mass is 320 g/mol. The molecule has 0 aromatic heterocycles. The average Bonchev–Trinajstić information content (AvgIpc) is 2.43. The van der Waals surface area contributed by atoms with E-state index in [9.17, 15) is 26.3 Å². The molecular weight excluding hydrogens is 302 g/mol. The molecule has 124 valence electrons. The van der Waals surface area contributed by atoms with Gasteiger partial charge in [0, 0.05) is 0 Å². The molecule has 0 N–H and O–H groups in total. The Morgan fingerprint density at radius 1 is 1.00 bits per heavy atom. The molecule has 0 saturated heterocycles. The summed E-state index contributed by atoms with van der Waals surface area (Å²) in [5.41, 5.74) is 0. The van der Waals surface area contributed by atoms with Crippen molar-refractivity contribution in [3.63, 3.8) is 0 Å². The lowest BCUT2D eigenvalue weighted by Gasteiger charge is -2.30. The van der Waals surface area contributed by atoms with E-state index in [0.29, 0.717) is 32.3 Å². The first-order valence-corrected chi connectivity index (χ1v) is 6.61. The minimum absolute atomic E-state index is 0.252. The van der Waals surface area contributed by atoms with Gasteiger partial charge in [-0.15, -0.1) is 0 Å². The van der Waals surface area contributed by atoms with Gasteiger partial charge < -0.3 is 9.47 Å². The molecule has 1 fully saturated rings. The van der Waals surface area contributed by atoms with Gasteiger partial charge in [0.2, 0.25) is 0 Å². The molecule has 0 spiro atoms. The molecule has 8 heteroatoms. The van der Waals surface area contributed by atoms with Crippen LogP contribution in [0.25, 0.3) is 0 Å². The molecule has 0 aromatic rings. The largest absolute Gasteiger partial charge is 0.502 e. The second-order valence-electron chi connectivity index (χ2n) is 5.14. The fraction of sp³-hybridized carbons (Fsp3) is 0.846. The fourth-order valence-corrected chi connectivity index (χ4v) is 2.21. The fourth-order valence-electron chi connectivity index (χ4n) is 2.21. The lowest BCUT2D eigenvalue weighted by atomic mass is 9.83. The van der Waals surface area contributed by atoms with Crippen LogP contribution in [0.3, 0.4) is 0 Å². The molecule has 2 nitrogen and oxygen atoms in total. The summed E-state index contributed by atoms with van der Waals surface area (Å²) in [6, 6.07) is 0. The Bertz CT molecular complexity index is 327. The first-order valence-electron chi connectivity index (χ1n) is 6.61. The second-order valence-corrected chi connectivity index (χ2v) is 5.14. The molecule has 0 radical (unpaired) electrons. The molecule has 0 amide bonds. The van der Waals surface area contributed by atoms with E-state index < -0.39 is 25.1 Å². The SMILES string of the molecule is C=COCC1CCC(COC(F)(F)C(F)(F)C(F)F)CC1. The Balaban J connectivity index is 2.38. The summed E-state index contributed by atoms with van der Waals surface area (Å²) in [7, 11) is 0. The maximum absolute atomic E-state index is 13.0. The summed E-state index contributed by atoms with van der Waals surface area (Å²) in [5.74, 6) is -5.58. The third kappa shape index (κ3) is 4.79.